The highest BCUT2D eigenvalue weighted by Crippen LogP contribution is 2.19. The topological polar surface area (TPSA) is 37.3 Å². The molecule has 0 unspecified atom stereocenters. The van der Waals surface area contributed by atoms with Crippen molar-refractivity contribution in [1.82, 2.24) is 0 Å². The summed E-state index contributed by atoms with van der Waals surface area (Å²) in [5, 5.41) is 9.06. The molecule has 1 aromatic rings. The maximum atomic E-state index is 10.2. The van der Waals surface area contributed by atoms with Crippen molar-refractivity contribution in [2.75, 3.05) is 0 Å². The van der Waals surface area contributed by atoms with E-state index in [0.717, 1.165) is 17.2 Å². The molecular formula is C10H9ClO2. The average molecular weight is 197 g/mol. The van der Waals surface area contributed by atoms with Gasteiger partial charge in [-0.15, -0.1) is 0 Å². The Morgan fingerprint density at radius 2 is 2.23 bits per heavy atom. The van der Waals surface area contributed by atoms with Gasteiger partial charge < -0.3 is 5.11 Å². The third-order valence-electron chi connectivity index (χ3n) is 1.72. The number of hydrogen-bond acceptors (Lipinski definition) is 1. The fraction of sp³-hybridized carbons (Fsp3) is 0.100. The molecule has 0 saturated heterocycles. The predicted octanol–water partition coefficient (Wildman–Crippen LogP) is 2.75. The Labute approximate surface area is 81.5 Å². The maximum Gasteiger partial charge on any atom is 0.328 e. The van der Waals surface area contributed by atoms with Crippen molar-refractivity contribution < 1.29 is 9.90 Å². The standard InChI is InChI=1S/C10H9ClO2/c1-7-8(5-6-10(12)13)3-2-4-9(7)11/h2-6H,1H3,(H,12,13)/b6-5+. The molecule has 0 saturated carbocycles. The van der Waals surface area contributed by atoms with Crippen LogP contribution in [0.2, 0.25) is 5.02 Å². The Morgan fingerprint density at radius 3 is 2.85 bits per heavy atom. The summed E-state index contributed by atoms with van der Waals surface area (Å²) in [7, 11) is 0. The van der Waals surface area contributed by atoms with E-state index in [0.29, 0.717) is 5.02 Å². The van der Waals surface area contributed by atoms with Crippen LogP contribution in [0.25, 0.3) is 6.08 Å². The lowest BCUT2D eigenvalue weighted by Crippen LogP contribution is -1.87. The molecular weight excluding hydrogens is 188 g/mol. The predicted molar refractivity (Wildman–Crippen MR) is 52.9 cm³/mol. The van der Waals surface area contributed by atoms with Crippen molar-refractivity contribution in [2.45, 2.75) is 6.92 Å². The molecule has 2 nitrogen and oxygen atoms in total. The van der Waals surface area contributed by atoms with Crippen LogP contribution in [0.5, 0.6) is 0 Å². The van der Waals surface area contributed by atoms with Crippen molar-refractivity contribution in [3.05, 3.63) is 40.4 Å². The molecule has 0 amide bonds. The first-order chi connectivity index (χ1) is 6.11. The van der Waals surface area contributed by atoms with Gasteiger partial charge in [-0.1, -0.05) is 23.7 Å². The summed E-state index contributed by atoms with van der Waals surface area (Å²) in [4.78, 5) is 10.2. The second-order valence-corrected chi connectivity index (χ2v) is 3.03. The molecule has 1 aromatic carbocycles. The van der Waals surface area contributed by atoms with Crippen molar-refractivity contribution in [1.29, 1.82) is 0 Å². The number of halogens is 1. The highest BCUT2D eigenvalue weighted by atomic mass is 35.5. The highest BCUT2D eigenvalue weighted by molar-refractivity contribution is 6.31. The molecule has 0 aliphatic rings. The zero-order valence-corrected chi connectivity index (χ0v) is 7.88. The molecule has 1 N–H and O–H groups in total. The number of hydrogen-bond donors (Lipinski definition) is 1. The minimum absolute atomic E-state index is 0.646. The molecule has 0 atom stereocenters. The monoisotopic (exact) mass is 196 g/mol. The van der Waals surface area contributed by atoms with Gasteiger partial charge in [-0.2, -0.15) is 0 Å². The smallest absolute Gasteiger partial charge is 0.328 e. The van der Waals surface area contributed by atoms with Gasteiger partial charge in [0.15, 0.2) is 0 Å². The second-order valence-electron chi connectivity index (χ2n) is 2.63. The molecule has 13 heavy (non-hydrogen) atoms. The third kappa shape index (κ3) is 2.60. The van der Waals surface area contributed by atoms with Gasteiger partial charge in [0.2, 0.25) is 0 Å². The number of carboxylic acid groups (broad SMARTS) is 1. The summed E-state index contributed by atoms with van der Waals surface area (Å²) < 4.78 is 0. The Balaban J connectivity index is 3.02. The molecule has 1 rings (SSSR count). The van der Waals surface area contributed by atoms with Gasteiger partial charge in [0.05, 0.1) is 0 Å². The van der Waals surface area contributed by atoms with Crippen LogP contribution >= 0.6 is 11.6 Å². The molecule has 0 aliphatic heterocycles. The third-order valence-corrected chi connectivity index (χ3v) is 2.12. The van der Waals surface area contributed by atoms with Crippen molar-refractivity contribution >= 4 is 23.6 Å². The van der Waals surface area contributed by atoms with Crippen LogP contribution in [0.4, 0.5) is 0 Å². The molecule has 0 aliphatic carbocycles. The lowest BCUT2D eigenvalue weighted by molar-refractivity contribution is -0.131. The summed E-state index contributed by atoms with van der Waals surface area (Å²) in [5.41, 5.74) is 1.72. The lowest BCUT2D eigenvalue weighted by Gasteiger charge is -2.00. The van der Waals surface area contributed by atoms with Gasteiger partial charge in [-0.25, -0.2) is 4.79 Å². The van der Waals surface area contributed by atoms with Gasteiger partial charge in [0, 0.05) is 11.1 Å². The summed E-state index contributed by atoms with van der Waals surface area (Å²) in [6.45, 7) is 1.85. The van der Waals surface area contributed by atoms with E-state index in [2.05, 4.69) is 0 Å². The van der Waals surface area contributed by atoms with Crippen LogP contribution < -0.4 is 0 Å². The minimum Gasteiger partial charge on any atom is -0.478 e. The van der Waals surface area contributed by atoms with Crippen molar-refractivity contribution in [2.24, 2.45) is 0 Å². The Hall–Kier alpha value is -1.28. The van der Waals surface area contributed by atoms with Gasteiger partial charge in [0.25, 0.3) is 0 Å². The summed E-state index contributed by atoms with van der Waals surface area (Å²) >= 11 is 5.85. The van der Waals surface area contributed by atoms with E-state index in [4.69, 9.17) is 16.7 Å². The summed E-state index contributed by atoms with van der Waals surface area (Å²) in [5.74, 6) is -0.959. The molecule has 3 heteroatoms. The van der Waals surface area contributed by atoms with E-state index in [-0.39, 0.29) is 0 Å². The first kappa shape index (κ1) is 9.81. The van der Waals surface area contributed by atoms with E-state index in [1.54, 1.807) is 12.1 Å². The number of benzene rings is 1. The number of rotatable bonds is 2. The maximum absolute atomic E-state index is 10.2. The van der Waals surface area contributed by atoms with Crippen LogP contribution in [-0.4, -0.2) is 11.1 Å². The molecule has 0 fully saturated rings. The second kappa shape index (κ2) is 4.10. The normalized spacial score (nSPS) is 10.6. The van der Waals surface area contributed by atoms with E-state index < -0.39 is 5.97 Å². The van der Waals surface area contributed by atoms with Crippen LogP contribution in [0, 0.1) is 6.92 Å². The average Bonchev–Trinajstić information content (AvgIpc) is 2.07. The van der Waals surface area contributed by atoms with Gasteiger partial charge in [0.1, 0.15) is 0 Å². The van der Waals surface area contributed by atoms with Crippen LogP contribution in [0.15, 0.2) is 24.3 Å². The zero-order valence-electron chi connectivity index (χ0n) is 7.12. The SMILES string of the molecule is Cc1c(Cl)cccc1/C=C/C(=O)O. The fourth-order valence-corrected chi connectivity index (χ4v) is 1.15. The molecule has 0 heterocycles. The molecule has 0 aromatic heterocycles. The van der Waals surface area contributed by atoms with E-state index >= 15 is 0 Å². The van der Waals surface area contributed by atoms with Crippen LogP contribution in [0.1, 0.15) is 11.1 Å². The summed E-state index contributed by atoms with van der Waals surface area (Å²) in [6, 6.07) is 5.38. The lowest BCUT2D eigenvalue weighted by atomic mass is 10.1. The van der Waals surface area contributed by atoms with E-state index in [1.807, 2.05) is 13.0 Å². The Kier molecular flexibility index (Phi) is 3.09. The van der Waals surface area contributed by atoms with Gasteiger partial charge in [-0.05, 0) is 30.2 Å². The Bertz CT molecular complexity index is 356. The van der Waals surface area contributed by atoms with Crippen LogP contribution in [0.3, 0.4) is 0 Å². The molecule has 0 bridgehead atoms. The first-order valence-electron chi connectivity index (χ1n) is 3.77. The minimum atomic E-state index is -0.959. The zero-order chi connectivity index (χ0) is 9.84. The summed E-state index contributed by atoms with van der Waals surface area (Å²) in [6.07, 6.45) is 2.63. The van der Waals surface area contributed by atoms with Crippen molar-refractivity contribution in [3.63, 3.8) is 0 Å². The molecule has 0 radical (unpaired) electrons. The highest BCUT2D eigenvalue weighted by Gasteiger charge is 1.98. The number of carbonyl (C=O) groups is 1. The number of aliphatic carboxylic acids is 1. The Morgan fingerprint density at radius 1 is 1.54 bits per heavy atom. The van der Waals surface area contributed by atoms with Gasteiger partial charge in [-0.3, -0.25) is 0 Å². The molecule has 68 valence electrons. The van der Waals surface area contributed by atoms with Crippen molar-refractivity contribution in [3.8, 4) is 0 Å². The number of carboxylic acids is 1. The van der Waals surface area contributed by atoms with E-state index in [1.165, 1.54) is 6.08 Å². The quantitative estimate of drug-likeness (QED) is 0.739. The molecule has 0 spiro atoms. The fourth-order valence-electron chi connectivity index (χ4n) is 0.966. The first-order valence-corrected chi connectivity index (χ1v) is 4.15. The van der Waals surface area contributed by atoms with Crippen LogP contribution in [-0.2, 0) is 4.79 Å². The largest absolute Gasteiger partial charge is 0.478 e. The van der Waals surface area contributed by atoms with E-state index in [9.17, 15) is 4.79 Å². The van der Waals surface area contributed by atoms with Gasteiger partial charge >= 0.3 is 5.97 Å².